The smallest absolute Gasteiger partial charge is 0.183 e. The molecule has 0 atom stereocenters. The number of ketones is 1. The molecule has 0 aliphatic carbocycles. The zero-order valence-corrected chi connectivity index (χ0v) is 12.4. The molecule has 108 valence electrons. The molecule has 0 bridgehead atoms. The van der Waals surface area contributed by atoms with Crippen molar-refractivity contribution >= 4 is 15.6 Å². The van der Waals surface area contributed by atoms with Crippen molar-refractivity contribution in [2.24, 2.45) is 5.73 Å². The monoisotopic (exact) mass is 287 g/mol. The van der Waals surface area contributed by atoms with Crippen LogP contribution in [-0.4, -0.2) is 40.8 Å². The first-order valence-corrected chi connectivity index (χ1v) is 7.80. The summed E-state index contributed by atoms with van der Waals surface area (Å²) in [5, 5.41) is 0. The van der Waals surface area contributed by atoms with E-state index >= 15 is 0 Å². The lowest BCUT2D eigenvalue weighted by molar-refractivity contribution is 0.0984. The fourth-order valence-electron chi connectivity index (χ4n) is 1.44. The van der Waals surface area contributed by atoms with Crippen molar-refractivity contribution in [2.45, 2.75) is 38.5 Å². The molecule has 1 heterocycles. The third-order valence-electron chi connectivity index (χ3n) is 2.84. The summed E-state index contributed by atoms with van der Waals surface area (Å²) in [5.74, 6) is -0.414. The fourth-order valence-corrected chi connectivity index (χ4v) is 2.50. The lowest BCUT2D eigenvalue weighted by Crippen LogP contribution is -2.31. The highest BCUT2D eigenvalue weighted by Gasteiger charge is 2.29. The van der Waals surface area contributed by atoms with Gasteiger partial charge in [-0.15, -0.1) is 0 Å². The SMILES string of the molecule is CC(C)(C)S(=O)(=O)CCC(=O)c1cn(CCN)cn1. The average Bonchev–Trinajstić information content (AvgIpc) is 2.73. The van der Waals surface area contributed by atoms with Crippen molar-refractivity contribution in [1.29, 1.82) is 0 Å². The lowest BCUT2D eigenvalue weighted by atomic mass is 10.2. The highest BCUT2D eigenvalue weighted by atomic mass is 32.2. The normalized spacial score (nSPS) is 12.6. The van der Waals surface area contributed by atoms with E-state index in [2.05, 4.69) is 4.98 Å². The van der Waals surface area contributed by atoms with Crippen LogP contribution in [0.5, 0.6) is 0 Å². The van der Waals surface area contributed by atoms with Gasteiger partial charge in [-0.3, -0.25) is 4.79 Å². The number of nitrogens with zero attached hydrogens (tertiary/aromatic N) is 2. The summed E-state index contributed by atoms with van der Waals surface area (Å²) in [7, 11) is -3.28. The summed E-state index contributed by atoms with van der Waals surface area (Å²) < 4.78 is 24.7. The number of hydrogen-bond donors (Lipinski definition) is 1. The van der Waals surface area contributed by atoms with Gasteiger partial charge in [0.05, 0.1) is 16.8 Å². The quantitative estimate of drug-likeness (QED) is 0.774. The first kappa shape index (κ1) is 15.8. The van der Waals surface area contributed by atoms with E-state index in [0.717, 1.165) is 0 Å². The number of Topliss-reactive ketones (excluding diaryl/α,β-unsaturated/α-hetero) is 1. The van der Waals surface area contributed by atoms with Crippen LogP contribution < -0.4 is 5.73 Å². The molecule has 0 aliphatic heterocycles. The average molecular weight is 287 g/mol. The molecule has 0 spiro atoms. The standard InChI is InChI=1S/C12H21N3O3S/c1-12(2,3)19(17,18)7-4-11(16)10-8-15(6-5-13)9-14-10/h8-9H,4-7,13H2,1-3H3. The van der Waals surface area contributed by atoms with Gasteiger partial charge < -0.3 is 10.3 Å². The van der Waals surface area contributed by atoms with Gasteiger partial charge in [-0.05, 0) is 20.8 Å². The number of hydrogen-bond acceptors (Lipinski definition) is 5. The molecule has 0 amide bonds. The van der Waals surface area contributed by atoms with Crippen molar-refractivity contribution in [3.05, 3.63) is 18.2 Å². The van der Waals surface area contributed by atoms with Gasteiger partial charge in [0, 0.05) is 25.7 Å². The van der Waals surface area contributed by atoms with Gasteiger partial charge in [0.15, 0.2) is 15.6 Å². The minimum absolute atomic E-state index is 0.0424. The van der Waals surface area contributed by atoms with Crippen LogP contribution in [0.3, 0.4) is 0 Å². The van der Waals surface area contributed by atoms with Crippen LogP contribution in [0.15, 0.2) is 12.5 Å². The van der Waals surface area contributed by atoms with E-state index in [-0.39, 0.29) is 23.7 Å². The second-order valence-corrected chi connectivity index (χ2v) is 8.25. The number of imidazole rings is 1. The molecule has 0 saturated heterocycles. The van der Waals surface area contributed by atoms with E-state index < -0.39 is 14.6 Å². The number of rotatable bonds is 6. The second kappa shape index (κ2) is 5.83. The molecule has 1 aromatic rings. The molecule has 7 heteroatoms. The van der Waals surface area contributed by atoms with Gasteiger partial charge in [-0.2, -0.15) is 0 Å². The number of carbonyl (C=O) groups is 1. The van der Waals surface area contributed by atoms with Crippen LogP contribution in [0.2, 0.25) is 0 Å². The minimum Gasteiger partial charge on any atom is -0.335 e. The Morgan fingerprint density at radius 3 is 2.58 bits per heavy atom. The van der Waals surface area contributed by atoms with Crippen molar-refractivity contribution < 1.29 is 13.2 Å². The predicted octanol–water partition coefficient (Wildman–Crippen LogP) is 0.628. The summed E-state index contributed by atoms with van der Waals surface area (Å²) >= 11 is 0. The Hall–Kier alpha value is -1.21. The van der Waals surface area contributed by atoms with E-state index in [4.69, 9.17) is 5.73 Å². The summed E-state index contributed by atoms with van der Waals surface area (Å²) in [5.41, 5.74) is 5.69. The van der Waals surface area contributed by atoms with Crippen LogP contribution >= 0.6 is 0 Å². The maximum absolute atomic E-state index is 11.9. The fraction of sp³-hybridized carbons (Fsp3) is 0.667. The molecule has 1 aromatic heterocycles. The topological polar surface area (TPSA) is 95.0 Å². The molecule has 0 saturated carbocycles. The number of aromatic nitrogens is 2. The van der Waals surface area contributed by atoms with Crippen LogP contribution in [-0.2, 0) is 16.4 Å². The van der Waals surface area contributed by atoms with Gasteiger partial charge in [0.1, 0.15) is 5.69 Å². The Balaban J connectivity index is 2.65. The van der Waals surface area contributed by atoms with Crippen LogP contribution in [0.1, 0.15) is 37.7 Å². The second-order valence-electron chi connectivity index (χ2n) is 5.39. The van der Waals surface area contributed by atoms with Crippen LogP contribution in [0, 0.1) is 0 Å². The molecule has 0 fully saturated rings. The molecule has 0 radical (unpaired) electrons. The van der Waals surface area contributed by atoms with Gasteiger partial charge in [0.25, 0.3) is 0 Å². The molecule has 0 aromatic carbocycles. The van der Waals surface area contributed by atoms with Gasteiger partial charge in [0.2, 0.25) is 0 Å². The molecule has 1 rings (SSSR count). The summed E-state index contributed by atoms with van der Waals surface area (Å²) in [6.07, 6.45) is 3.08. The molecule has 6 nitrogen and oxygen atoms in total. The number of nitrogens with two attached hydrogens (primary N) is 1. The molecule has 0 aliphatic rings. The molecular formula is C12H21N3O3S. The lowest BCUT2D eigenvalue weighted by Gasteiger charge is -2.18. The van der Waals surface area contributed by atoms with Gasteiger partial charge in [-0.25, -0.2) is 13.4 Å². The predicted molar refractivity (Wildman–Crippen MR) is 73.8 cm³/mol. The third kappa shape index (κ3) is 4.14. The van der Waals surface area contributed by atoms with E-state index in [0.29, 0.717) is 13.1 Å². The van der Waals surface area contributed by atoms with Crippen molar-refractivity contribution in [1.82, 2.24) is 9.55 Å². The zero-order chi connectivity index (χ0) is 14.7. The van der Waals surface area contributed by atoms with Crippen molar-refractivity contribution in [3.63, 3.8) is 0 Å². The van der Waals surface area contributed by atoms with Gasteiger partial charge >= 0.3 is 0 Å². The summed E-state index contributed by atoms with van der Waals surface area (Å²) in [6, 6.07) is 0. The van der Waals surface area contributed by atoms with Crippen LogP contribution in [0.25, 0.3) is 0 Å². The summed E-state index contributed by atoms with van der Waals surface area (Å²) in [4.78, 5) is 15.8. The van der Waals surface area contributed by atoms with Gasteiger partial charge in [-0.1, -0.05) is 0 Å². The van der Waals surface area contributed by atoms with Crippen molar-refractivity contribution in [3.8, 4) is 0 Å². The Morgan fingerprint density at radius 1 is 1.42 bits per heavy atom. The maximum Gasteiger partial charge on any atom is 0.183 e. The number of carbonyl (C=O) groups excluding carboxylic acids is 1. The Labute approximate surface area is 113 Å². The highest BCUT2D eigenvalue weighted by molar-refractivity contribution is 7.92. The Morgan fingerprint density at radius 2 is 2.05 bits per heavy atom. The Kier molecular flexibility index (Phi) is 4.86. The summed E-state index contributed by atoms with van der Waals surface area (Å²) in [6.45, 7) is 5.93. The largest absolute Gasteiger partial charge is 0.335 e. The van der Waals surface area contributed by atoms with E-state index in [1.807, 2.05) is 0 Å². The molecule has 2 N–H and O–H groups in total. The minimum atomic E-state index is -3.28. The van der Waals surface area contributed by atoms with Crippen molar-refractivity contribution in [2.75, 3.05) is 12.3 Å². The first-order chi connectivity index (χ1) is 8.67. The first-order valence-electron chi connectivity index (χ1n) is 6.15. The van der Waals surface area contributed by atoms with E-state index in [1.54, 1.807) is 31.5 Å². The molecular weight excluding hydrogens is 266 g/mol. The molecule has 0 unspecified atom stereocenters. The molecule has 19 heavy (non-hydrogen) atoms. The van der Waals surface area contributed by atoms with E-state index in [1.165, 1.54) is 6.33 Å². The Bertz CT molecular complexity index is 541. The number of sulfone groups is 1. The highest BCUT2D eigenvalue weighted by Crippen LogP contribution is 2.17. The third-order valence-corrected chi connectivity index (χ3v) is 5.44. The zero-order valence-electron chi connectivity index (χ0n) is 11.6. The van der Waals surface area contributed by atoms with E-state index in [9.17, 15) is 13.2 Å². The maximum atomic E-state index is 11.9. The van der Waals surface area contributed by atoms with Crippen LogP contribution in [0.4, 0.5) is 0 Å².